The van der Waals surface area contributed by atoms with Crippen LogP contribution in [0, 0.1) is 0 Å². The van der Waals surface area contributed by atoms with Crippen LogP contribution in [0.1, 0.15) is 50.7 Å². The van der Waals surface area contributed by atoms with E-state index < -0.39 is 10.2 Å². The molecule has 1 N–H and O–H groups in total. The minimum absolute atomic E-state index is 0.266. The lowest BCUT2D eigenvalue weighted by Crippen LogP contribution is -2.41. The van der Waals surface area contributed by atoms with E-state index in [-0.39, 0.29) is 6.54 Å². The third-order valence-corrected chi connectivity index (χ3v) is 5.78. The van der Waals surface area contributed by atoms with Gasteiger partial charge in [-0.3, -0.25) is 0 Å². The Morgan fingerprint density at radius 2 is 1.73 bits per heavy atom. The van der Waals surface area contributed by atoms with Crippen LogP contribution < -0.4 is 4.72 Å². The zero-order valence-corrected chi connectivity index (χ0v) is 16.5. The molecule has 0 bridgehead atoms. The summed E-state index contributed by atoms with van der Waals surface area (Å²) in [4.78, 5) is 3.95. The summed E-state index contributed by atoms with van der Waals surface area (Å²) in [5.41, 5.74) is 1.96. The van der Waals surface area contributed by atoms with Gasteiger partial charge in [0.15, 0.2) is 0 Å². The first-order chi connectivity index (χ1) is 12.6. The molecule has 0 spiro atoms. The zero-order chi connectivity index (χ0) is 18.8. The summed E-state index contributed by atoms with van der Waals surface area (Å²) in [7, 11) is -3.50. The Hall–Kier alpha value is -1.77. The highest BCUT2D eigenvalue weighted by Gasteiger charge is 2.20. The highest BCUT2D eigenvalue weighted by atomic mass is 32.2. The molecule has 26 heavy (non-hydrogen) atoms. The molecule has 8 heteroatoms. The van der Waals surface area contributed by atoms with Gasteiger partial charge in [0.2, 0.25) is 0 Å². The summed E-state index contributed by atoms with van der Waals surface area (Å²) in [6.45, 7) is 6.09. The topological polar surface area (TPSA) is 80.1 Å². The monoisotopic (exact) mass is 379 g/mol. The predicted octanol–water partition coefficient (Wildman–Crippen LogP) is 2.56. The number of hydrogen-bond donors (Lipinski definition) is 1. The number of aromatic nitrogens is 3. The second-order valence-electron chi connectivity index (χ2n) is 6.29. The highest BCUT2D eigenvalue weighted by molar-refractivity contribution is 7.87. The Balaban J connectivity index is 2.05. The number of hydrogen-bond acceptors (Lipinski definition) is 4. The van der Waals surface area contributed by atoms with Gasteiger partial charge in [0.1, 0.15) is 12.7 Å². The normalized spacial score (nSPS) is 12.0. The van der Waals surface area contributed by atoms with E-state index in [1.807, 2.05) is 24.3 Å². The minimum atomic E-state index is -3.50. The van der Waals surface area contributed by atoms with Gasteiger partial charge < -0.3 is 0 Å². The lowest BCUT2D eigenvalue weighted by molar-refractivity contribution is 0.388. The summed E-state index contributed by atoms with van der Waals surface area (Å²) in [6, 6.07) is 7.79. The van der Waals surface area contributed by atoms with Crippen molar-refractivity contribution < 1.29 is 8.42 Å². The van der Waals surface area contributed by atoms with Crippen molar-refractivity contribution in [2.45, 2.75) is 52.6 Å². The molecule has 0 atom stereocenters. The standard InChI is InChI=1S/C18H29N5O2S/c1-3-5-11-23(12-6-4-2)26(24,25)21-13-17-9-7-8-10-18(17)14-22-16-19-15-20-22/h7-10,15-16,21H,3-6,11-14H2,1-2H3. The molecular weight excluding hydrogens is 350 g/mol. The predicted molar refractivity (Wildman–Crippen MR) is 103 cm³/mol. The van der Waals surface area contributed by atoms with E-state index in [0.717, 1.165) is 36.8 Å². The van der Waals surface area contributed by atoms with Crippen molar-refractivity contribution in [1.29, 1.82) is 0 Å². The molecule has 1 aromatic heterocycles. The van der Waals surface area contributed by atoms with E-state index in [9.17, 15) is 8.42 Å². The van der Waals surface area contributed by atoms with Gasteiger partial charge in [0.25, 0.3) is 10.2 Å². The highest BCUT2D eigenvalue weighted by Crippen LogP contribution is 2.12. The fraction of sp³-hybridized carbons (Fsp3) is 0.556. The largest absolute Gasteiger partial charge is 0.279 e. The summed E-state index contributed by atoms with van der Waals surface area (Å²) < 4.78 is 31.5. The third-order valence-electron chi connectivity index (χ3n) is 4.22. The van der Waals surface area contributed by atoms with E-state index in [1.165, 1.54) is 6.33 Å². The van der Waals surface area contributed by atoms with Gasteiger partial charge in [-0.05, 0) is 24.0 Å². The van der Waals surface area contributed by atoms with Crippen LogP contribution in [0.5, 0.6) is 0 Å². The van der Waals surface area contributed by atoms with Crippen molar-refractivity contribution in [3.05, 3.63) is 48.0 Å². The Morgan fingerprint density at radius 1 is 1.08 bits per heavy atom. The second-order valence-corrected chi connectivity index (χ2v) is 8.05. The molecule has 0 saturated heterocycles. The SMILES string of the molecule is CCCCN(CCCC)S(=O)(=O)NCc1ccccc1Cn1cncn1. The molecule has 1 aromatic carbocycles. The van der Waals surface area contributed by atoms with Crippen LogP contribution in [0.15, 0.2) is 36.9 Å². The zero-order valence-electron chi connectivity index (χ0n) is 15.6. The first-order valence-electron chi connectivity index (χ1n) is 9.20. The van der Waals surface area contributed by atoms with Crippen molar-refractivity contribution in [2.75, 3.05) is 13.1 Å². The van der Waals surface area contributed by atoms with Crippen LogP contribution in [-0.4, -0.2) is 40.6 Å². The van der Waals surface area contributed by atoms with Crippen LogP contribution in [-0.2, 0) is 23.3 Å². The second kappa shape index (κ2) is 10.4. The van der Waals surface area contributed by atoms with Crippen LogP contribution >= 0.6 is 0 Å². The Morgan fingerprint density at radius 3 is 2.31 bits per heavy atom. The maximum absolute atomic E-state index is 12.7. The van der Waals surface area contributed by atoms with Crippen molar-refractivity contribution in [1.82, 2.24) is 23.8 Å². The Labute approximate surface area is 156 Å². The van der Waals surface area contributed by atoms with E-state index in [4.69, 9.17) is 0 Å². The van der Waals surface area contributed by atoms with Gasteiger partial charge in [0.05, 0.1) is 6.54 Å². The van der Waals surface area contributed by atoms with Gasteiger partial charge >= 0.3 is 0 Å². The molecule has 2 rings (SSSR count). The van der Waals surface area contributed by atoms with Gasteiger partial charge in [0, 0.05) is 19.6 Å². The van der Waals surface area contributed by atoms with E-state index in [2.05, 4.69) is 28.7 Å². The molecule has 144 valence electrons. The molecule has 7 nitrogen and oxygen atoms in total. The van der Waals surface area contributed by atoms with E-state index >= 15 is 0 Å². The maximum Gasteiger partial charge on any atom is 0.279 e. The van der Waals surface area contributed by atoms with Crippen LogP contribution in [0.4, 0.5) is 0 Å². The number of benzene rings is 1. The number of rotatable bonds is 12. The van der Waals surface area contributed by atoms with Crippen LogP contribution in [0.3, 0.4) is 0 Å². The first-order valence-corrected chi connectivity index (χ1v) is 10.6. The molecule has 2 aromatic rings. The summed E-state index contributed by atoms with van der Waals surface area (Å²) >= 11 is 0. The summed E-state index contributed by atoms with van der Waals surface area (Å²) in [6.07, 6.45) is 6.82. The third kappa shape index (κ3) is 6.19. The van der Waals surface area contributed by atoms with Crippen molar-refractivity contribution >= 4 is 10.2 Å². The van der Waals surface area contributed by atoms with Crippen molar-refractivity contribution in [3.8, 4) is 0 Å². The first kappa shape index (κ1) is 20.5. The molecule has 0 aliphatic rings. The van der Waals surface area contributed by atoms with Crippen LogP contribution in [0.25, 0.3) is 0 Å². The molecule has 0 unspecified atom stereocenters. The number of nitrogens with zero attached hydrogens (tertiary/aromatic N) is 4. The minimum Gasteiger partial charge on any atom is -0.249 e. The molecular formula is C18H29N5O2S. The van der Waals surface area contributed by atoms with E-state index in [1.54, 1.807) is 15.3 Å². The van der Waals surface area contributed by atoms with E-state index in [0.29, 0.717) is 19.6 Å². The summed E-state index contributed by atoms with van der Waals surface area (Å²) in [5.74, 6) is 0. The average molecular weight is 380 g/mol. The molecule has 0 aliphatic heterocycles. The molecule has 0 fully saturated rings. The lowest BCUT2D eigenvalue weighted by atomic mass is 10.1. The smallest absolute Gasteiger partial charge is 0.249 e. The molecule has 0 radical (unpaired) electrons. The lowest BCUT2D eigenvalue weighted by Gasteiger charge is -2.22. The number of unbranched alkanes of at least 4 members (excludes halogenated alkanes) is 2. The summed E-state index contributed by atoms with van der Waals surface area (Å²) in [5, 5.41) is 4.12. The Kier molecular flexibility index (Phi) is 8.21. The molecule has 0 aliphatic carbocycles. The van der Waals surface area contributed by atoms with Gasteiger partial charge in [-0.1, -0.05) is 51.0 Å². The quantitative estimate of drug-likeness (QED) is 0.615. The molecule has 0 saturated carbocycles. The molecule has 1 heterocycles. The number of nitrogens with one attached hydrogen (secondary N) is 1. The molecule has 0 amide bonds. The van der Waals surface area contributed by atoms with Gasteiger partial charge in [-0.25, -0.2) is 9.67 Å². The fourth-order valence-electron chi connectivity index (χ4n) is 2.65. The Bertz CT molecular complexity index is 739. The maximum atomic E-state index is 12.7. The van der Waals surface area contributed by atoms with Gasteiger partial charge in [-0.2, -0.15) is 22.5 Å². The van der Waals surface area contributed by atoms with Gasteiger partial charge in [-0.15, -0.1) is 0 Å². The van der Waals surface area contributed by atoms with Crippen molar-refractivity contribution in [2.24, 2.45) is 0 Å². The average Bonchev–Trinajstić information content (AvgIpc) is 3.14. The fourth-order valence-corrected chi connectivity index (χ4v) is 3.91. The van der Waals surface area contributed by atoms with Crippen LogP contribution in [0.2, 0.25) is 0 Å². The van der Waals surface area contributed by atoms with Crippen molar-refractivity contribution in [3.63, 3.8) is 0 Å².